The molecule has 0 saturated heterocycles. The maximum absolute atomic E-state index is 13.5. The number of aromatic nitrogens is 2. The van der Waals surface area contributed by atoms with Crippen LogP contribution >= 0.6 is 0 Å². The average Bonchev–Trinajstić information content (AvgIpc) is 2.39. The number of carboxylic acids is 1. The molecule has 0 aliphatic carbocycles. The molecule has 2 aromatic rings. The topological polar surface area (TPSA) is 84.3 Å². The van der Waals surface area contributed by atoms with Gasteiger partial charge in [-0.2, -0.15) is 4.98 Å². The lowest BCUT2D eigenvalue weighted by molar-refractivity contribution is 0.0692. The smallest absolute Gasteiger partial charge is 0.338 e. The SMILES string of the molecule is CCOc1ccnc(Nc2ccc(C(=O)O)c(F)c2)n1. The van der Waals surface area contributed by atoms with Crippen molar-refractivity contribution in [2.45, 2.75) is 6.92 Å². The molecule has 0 radical (unpaired) electrons. The average molecular weight is 277 g/mol. The largest absolute Gasteiger partial charge is 0.478 e. The van der Waals surface area contributed by atoms with Crippen LogP contribution in [0.3, 0.4) is 0 Å². The number of hydrogen-bond acceptors (Lipinski definition) is 5. The van der Waals surface area contributed by atoms with Crippen molar-refractivity contribution in [3.63, 3.8) is 0 Å². The number of ether oxygens (including phenoxy) is 1. The Labute approximate surface area is 114 Å². The molecule has 20 heavy (non-hydrogen) atoms. The Bertz CT molecular complexity index is 634. The summed E-state index contributed by atoms with van der Waals surface area (Å²) in [5.41, 5.74) is -0.0410. The van der Waals surface area contributed by atoms with Gasteiger partial charge < -0.3 is 15.2 Å². The van der Waals surface area contributed by atoms with Gasteiger partial charge in [-0.1, -0.05) is 0 Å². The van der Waals surface area contributed by atoms with Crippen molar-refractivity contribution in [2.24, 2.45) is 0 Å². The summed E-state index contributed by atoms with van der Waals surface area (Å²) in [6.45, 7) is 2.30. The van der Waals surface area contributed by atoms with Crippen LogP contribution in [0.2, 0.25) is 0 Å². The zero-order valence-corrected chi connectivity index (χ0v) is 10.6. The second-order valence-electron chi connectivity index (χ2n) is 3.78. The van der Waals surface area contributed by atoms with Crippen LogP contribution in [0.5, 0.6) is 5.88 Å². The second-order valence-corrected chi connectivity index (χ2v) is 3.78. The van der Waals surface area contributed by atoms with Crippen LogP contribution in [0.1, 0.15) is 17.3 Å². The predicted octanol–water partition coefficient (Wildman–Crippen LogP) is 2.46. The Morgan fingerprint density at radius 1 is 1.45 bits per heavy atom. The lowest BCUT2D eigenvalue weighted by Crippen LogP contribution is -2.03. The summed E-state index contributed by atoms with van der Waals surface area (Å²) < 4.78 is 18.7. The molecule has 104 valence electrons. The van der Waals surface area contributed by atoms with Gasteiger partial charge in [-0.3, -0.25) is 0 Å². The van der Waals surface area contributed by atoms with Gasteiger partial charge in [0.15, 0.2) is 0 Å². The summed E-state index contributed by atoms with van der Waals surface area (Å²) in [7, 11) is 0. The molecule has 0 fully saturated rings. The van der Waals surface area contributed by atoms with Crippen molar-refractivity contribution in [1.29, 1.82) is 0 Å². The molecular formula is C13H12FN3O3. The van der Waals surface area contributed by atoms with E-state index < -0.39 is 11.8 Å². The van der Waals surface area contributed by atoms with Crippen LogP contribution in [-0.2, 0) is 0 Å². The summed E-state index contributed by atoms with van der Waals surface area (Å²) in [5.74, 6) is -1.52. The lowest BCUT2D eigenvalue weighted by atomic mass is 10.2. The van der Waals surface area contributed by atoms with Crippen LogP contribution < -0.4 is 10.1 Å². The molecule has 1 aromatic heterocycles. The van der Waals surface area contributed by atoms with Crippen LogP contribution in [0.25, 0.3) is 0 Å². The number of aromatic carboxylic acids is 1. The fourth-order valence-electron chi connectivity index (χ4n) is 1.53. The number of benzene rings is 1. The predicted molar refractivity (Wildman–Crippen MR) is 69.8 cm³/mol. The van der Waals surface area contributed by atoms with E-state index in [0.29, 0.717) is 18.2 Å². The molecule has 1 heterocycles. The summed E-state index contributed by atoms with van der Waals surface area (Å²) in [6.07, 6.45) is 1.50. The fourth-order valence-corrected chi connectivity index (χ4v) is 1.53. The standard InChI is InChI=1S/C13H12FN3O3/c1-2-20-11-5-6-15-13(17-11)16-8-3-4-9(12(18)19)10(14)7-8/h3-7H,2H2,1H3,(H,18,19)(H,15,16,17). The zero-order valence-electron chi connectivity index (χ0n) is 10.6. The van der Waals surface area contributed by atoms with E-state index in [1.54, 1.807) is 6.07 Å². The Morgan fingerprint density at radius 2 is 2.25 bits per heavy atom. The van der Waals surface area contributed by atoms with Gasteiger partial charge in [0.1, 0.15) is 5.82 Å². The minimum atomic E-state index is -1.32. The molecule has 2 rings (SSSR count). The number of halogens is 1. The van der Waals surface area contributed by atoms with Crippen LogP contribution in [-0.4, -0.2) is 27.7 Å². The Hall–Kier alpha value is -2.70. The summed E-state index contributed by atoms with van der Waals surface area (Å²) in [6, 6.07) is 5.28. The van der Waals surface area contributed by atoms with Gasteiger partial charge in [0.25, 0.3) is 0 Å². The maximum Gasteiger partial charge on any atom is 0.338 e. The minimum Gasteiger partial charge on any atom is -0.478 e. The van der Waals surface area contributed by atoms with E-state index in [1.165, 1.54) is 18.3 Å². The molecule has 0 atom stereocenters. The summed E-state index contributed by atoms with van der Waals surface area (Å²) in [5, 5.41) is 11.5. The van der Waals surface area contributed by atoms with Gasteiger partial charge in [0.2, 0.25) is 11.8 Å². The van der Waals surface area contributed by atoms with Crippen molar-refractivity contribution < 1.29 is 19.0 Å². The third-order valence-corrected chi connectivity index (χ3v) is 2.38. The molecule has 0 amide bonds. The van der Waals surface area contributed by atoms with E-state index in [0.717, 1.165) is 6.07 Å². The van der Waals surface area contributed by atoms with E-state index in [1.807, 2.05) is 6.92 Å². The highest BCUT2D eigenvalue weighted by molar-refractivity contribution is 5.88. The number of rotatable bonds is 5. The number of carboxylic acid groups (broad SMARTS) is 1. The molecular weight excluding hydrogens is 265 g/mol. The first-order valence-electron chi connectivity index (χ1n) is 5.86. The van der Waals surface area contributed by atoms with Gasteiger partial charge in [-0.25, -0.2) is 14.2 Å². The van der Waals surface area contributed by atoms with Crippen LogP contribution in [0, 0.1) is 5.82 Å². The van der Waals surface area contributed by atoms with Crippen molar-refractivity contribution in [3.05, 3.63) is 41.8 Å². The molecule has 2 N–H and O–H groups in total. The molecule has 0 saturated carbocycles. The van der Waals surface area contributed by atoms with Crippen LogP contribution in [0.15, 0.2) is 30.5 Å². The first-order chi connectivity index (χ1) is 9.60. The summed E-state index contributed by atoms with van der Waals surface area (Å²) in [4.78, 5) is 18.7. The summed E-state index contributed by atoms with van der Waals surface area (Å²) >= 11 is 0. The number of hydrogen-bond donors (Lipinski definition) is 2. The molecule has 0 bridgehead atoms. The monoisotopic (exact) mass is 277 g/mol. The lowest BCUT2D eigenvalue weighted by Gasteiger charge is -2.07. The zero-order chi connectivity index (χ0) is 14.5. The normalized spacial score (nSPS) is 10.1. The van der Waals surface area contributed by atoms with E-state index in [2.05, 4.69) is 15.3 Å². The van der Waals surface area contributed by atoms with E-state index >= 15 is 0 Å². The molecule has 0 aliphatic rings. The number of nitrogens with zero attached hydrogens (tertiary/aromatic N) is 2. The Balaban J connectivity index is 2.19. The van der Waals surface area contributed by atoms with Gasteiger partial charge in [-0.15, -0.1) is 0 Å². The van der Waals surface area contributed by atoms with Crippen LogP contribution in [0.4, 0.5) is 16.0 Å². The molecule has 0 aliphatic heterocycles. The Kier molecular flexibility index (Phi) is 4.09. The van der Waals surface area contributed by atoms with Gasteiger partial charge in [-0.05, 0) is 25.1 Å². The minimum absolute atomic E-state index is 0.235. The fraction of sp³-hybridized carbons (Fsp3) is 0.154. The first-order valence-corrected chi connectivity index (χ1v) is 5.86. The number of nitrogens with one attached hydrogen (secondary N) is 1. The van der Waals surface area contributed by atoms with E-state index in [4.69, 9.17) is 9.84 Å². The first kappa shape index (κ1) is 13.7. The van der Waals surface area contributed by atoms with Gasteiger partial charge in [0, 0.05) is 18.0 Å². The third kappa shape index (κ3) is 3.19. The molecule has 0 unspecified atom stereocenters. The van der Waals surface area contributed by atoms with E-state index in [-0.39, 0.29) is 11.5 Å². The van der Waals surface area contributed by atoms with Crippen molar-refractivity contribution in [1.82, 2.24) is 9.97 Å². The Morgan fingerprint density at radius 3 is 2.90 bits per heavy atom. The highest BCUT2D eigenvalue weighted by Gasteiger charge is 2.11. The third-order valence-electron chi connectivity index (χ3n) is 2.38. The van der Waals surface area contributed by atoms with E-state index in [9.17, 15) is 9.18 Å². The molecule has 1 aromatic carbocycles. The van der Waals surface area contributed by atoms with Crippen molar-refractivity contribution in [3.8, 4) is 5.88 Å². The highest BCUT2D eigenvalue weighted by Crippen LogP contribution is 2.18. The highest BCUT2D eigenvalue weighted by atomic mass is 19.1. The molecule has 0 spiro atoms. The number of carbonyl (C=O) groups is 1. The maximum atomic E-state index is 13.5. The van der Waals surface area contributed by atoms with Crippen molar-refractivity contribution >= 4 is 17.6 Å². The van der Waals surface area contributed by atoms with Gasteiger partial charge in [0.05, 0.1) is 12.2 Å². The number of anilines is 2. The second kappa shape index (κ2) is 5.96. The quantitative estimate of drug-likeness (QED) is 0.873. The van der Waals surface area contributed by atoms with Crippen molar-refractivity contribution in [2.75, 3.05) is 11.9 Å². The molecule has 7 heteroatoms. The van der Waals surface area contributed by atoms with Gasteiger partial charge >= 0.3 is 5.97 Å². The molecule has 6 nitrogen and oxygen atoms in total.